The topological polar surface area (TPSA) is 12.4 Å². The molecule has 0 N–H and O–H groups in total. The minimum atomic E-state index is 0.920. The third-order valence-corrected chi connectivity index (χ3v) is 2.91. The van der Waals surface area contributed by atoms with Crippen LogP contribution < -0.4 is 0 Å². The molecule has 1 heteroatoms. The lowest BCUT2D eigenvalue weighted by Crippen LogP contribution is -1.76. The Hall–Kier alpha value is -2.15. The first-order valence-corrected chi connectivity index (χ1v) is 5.27. The van der Waals surface area contributed by atoms with Gasteiger partial charge in [0.05, 0.1) is 5.69 Å². The Morgan fingerprint density at radius 2 is 1.44 bits per heavy atom. The monoisotopic (exact) mass is 205 g/mol. The minimum Gasteiger partial charge on any atom is -0.265 e. The standard InChI is InChI=1S/C15H11N/c1-16-13-9-8-12-7-6-11-4-2-3-5-14(11)15(12)10-13/h2-10H,1H2. The highest BCUT2D eigenvalue weighted by Crippen LogP contribution is 2.28. The number of nitrogens with zero attached hydrogens (tertiary/aromatic N) is 1. The fraction of sp³-hybridized carbons (Fsp3) is 0. The van der Waals surface area contributed by atoms with E-state index in [1.807, 2.05) is 6.07 Å². The van der Waals surface area contributed by atoms with Crippen LogP contribution in [0.25, 0.3) is 21.5 Å². The van der Waals surface area contributed by atoms with Crippen LogP contribution in [0.4, 0.5) is 5.69 Å². The average molecular weight is 205 g/mol. The van der Waals surface area contributed by atoms with Crippen LogP contribution in [-0.4, -0.2) is 6.72 Å². The molecule has 3 aromatic carbocycles. The summed E-state index contributed by atoms with van der Waals surface area (Å²) < 4.78 is 0. The predicted molar refractivity (Wildman–Crippen MR) is 70.7 cm³/mol. The van der Waals surface area contributed by atoms with E-state index in [2.05, 4.69) is 60.2 Å². The highest BCUT2D eigenvalue weighted by molar-refractivity contribution is 6.08. The van der Waals surface area contributed by atoms with E-state index in [-0.39, 0.29) is 0 Å². The van der Waals surface area contributed by atoms with E-state index in [0.717, 1.165) is 5.69 Å². The van der Waals surface area contributed by atoms with Crippen molar-refractivity contribution in [3.05, 3.63) is 54.6 Å². The van der Waals surface area contributed by atoms with Gasteiger partial charge in [0.1, 0.15) is 0 Å². The number of aliphatic imine (C=N–C) groups is 1. The van der Waals surface area contributed by atoms with Gasteiger partial charge >= 0.3 is 0 Å². The molecule has 0 spiro atoms. The summed E-state index contributed by atoms with van der Waals surface area (Å²) in [7, 11) is 0. The molecule has 3 rings (SSSR count). The zero-order chi connectivity index (χ0) is 11.0. The van der Waals surface area contributed by atoms with Crippen molar-refractivity contribution in [3.63, 3.8) is 0 Å². The second kappa shape index (κ2) is 3.46. The fourth-order valence-electron chi connectivity index (χ4n) is 2.09. The van der Waals surface area contributed by atoms with Crippen molar-refractivity contribution in [2.45, 2.75) is 0 Å². The van der Waals surface area contributed by atoms with Gasteiger partial charge in [0.2, 0.25) is 0 Å². The lowest BCUT2D eigenvalue weighted by molar-refractivity contribution is 1.59. The first-order valence-electron chi connectivity index (χ1n) is 5.27. The third kappa shape index (κ3) is 1.29. The number of hydrogen-bond acceptors (Lipinski definition) is 1. The molecule has 0 fully saturated rings. The lowest BCUT2D eigenvalue weighted by Gasteiger charge is -2.04. The molecule has 0 bridgehead atoms. The molecule has 0 heterocycles. The van der Waals surface area contributed by atoms with Crippen molar-refractivity contribution < 1.29 is 0 Å². The van der Waals surface area contributed by atoms with Gasteiger partial charge in [0, 0.05) is 0 Å². The zero-order valence-corrected chi connectivity index (χ0v) is 8.85. The van der Waals surface area contributed by atoms with Crippen molar-refractivity contribution in [2.75, 3.05) is 0 Å². The highest BCUT2D eigenvalue weighted by atomic mass is 14.7. The van der Waals surface area contributed by atoms with Crippen molar-refractivity contribution in [1.82, 2.24) is 0 Å². The van der Waals surface area contributed by atoms with Gasteiger partial charge in [0.25, 0.3) is 0 Å². The molecular formula is C15H11N. The lowest BCUT2D eigenvalue weighted by atomic mass is 10.0. The maximum atomic E-state index is 3.98. The largest absolute Gasteiger partial charge is 0.265 e. The van der Waals surface area contributed by atoms with Crippen LogP contribution in [0.15, 0.2) is 59.6 Å². The van der Waals surface area contributed by atoms with Gasteiger partial charge in [-0.2, -0.15) is 0 Å². The van der Waals surface area contributed by atoms with Crippen LogP contribution in [0, 0.1) is 0 Å². The van der Waals surface area contributed by atoms with Crippen molar-refractivity contribution in [3.8, 4) is 0 Å². The number of hydrogen-bond donors (Lipinski definition) is 0. The van der Waals surface area contributed by atoms with E-state index in [4.69, 9.17) is 0 Å². The Bertz CT molecular complexity index is 683. The van der Waals surface area contributed by atoms with Gasteiger partial charge in [-0.3, -0.25) is 4.99 Å². The summed E-state index contributed by atoms with van der Waals surface area (Å²) in [6.07, 6.45) is 0. The van der Waals surface area contributed by atoms with Gasteiger partial charge in [0.15, 0.2) is 0 Å². The van der Waals surface area contributed by atoms with E-state index >= 15 is 0 Å². The molecule has 0 saturated carbocycles. The molecule has 16 heavy (non-hydrogen) atoms. The van der Waals surface area contributed by atoms with E-state index in [1.54, 1.807) is 0 Å². The number of fused-ring (bicyclic) bond motifs is 3. The van der Waals surface area contributed by atoms with Crippen LogP contribution in [-0.2, 0) is 0 Å². The Balaban J connectivity index is 2.52. The van der Waals surface area contributed by atoms with Crippen molar-refractivity contribution >= 4 is 33.9 Å². The zero-order valence-electron chi connectivity index (χ0n) is 8.85. The van der Waals surface area contributed by atoms with Crippen LogP contribution in [0.1, 0.15) is 0 Å². The molecule has 0 aliphatic heterocycles. The molecule has 0 radical (unpaired) electrons. The molecule has 76 valence electrons. The summed E-state index contributed by atoms with van der Waals surface area (Å²) in [6.45, 7) is 3.57. The first kappa shape index (κ1) is 9.10. The Labute approximate surface area is 94.1 Å². The molecule has 0 amide bonds. The SMILES string of the molecule is C=Nc1ccc2ccc3ccccc3c2c1. The smallest absolute Gasteiger partial charge is 0.0628 e. The Morgan fingerprint density at radius 3 is 2.25 bits per heavy atom. The molecule has 3 aromatic rings. The van der Waals surface area contributed by atoms with Gasteiger partial charge in [-0.05, 0) is 40.4 Å². The van der Waals surface area contributed by atoms with Crippen molar-refractivity contribution in [1.29, 1.82) is 0 Å². The van der Waals surface area contributed by atoms with Crippen LogP contribution in [0.5, 0.6) is 0 Å². The molecule has 0 aliphatic rings. The van der Waals surface area contributed by atoms with E-state index < -0.39 is 0 Å². The van der Waals surface area contributed by atoms with Gasteiger partial charge < -0.3 is 0 Å². The maximum absolute atomic E-state index is 3.98. The summed E-state index contributed by atoms with van der Waals surface area (Å²) in [4.78, 5) is 3.98. The number of rotatable bonds is 1. The van der Waals surface area contributed by atoms with Gasteiger partial charge in [-0.15, -0.1) is 0 Å². The molecule has 0 aromatic heterocycles. The summed E-state index contributed by atoms with van der Waals surface area (Å²) in [5, 5.41) is 5.01. The van der Waals surface area contributed by atoms with E-state index in [9.17, 15) is 0 Å². The molecule has 0 unspecified atom stereocenters. The van der Waals surface area contributed by atoms with Gasteiger partial charge in [-0.1, -0.05) is 42.5 Å². The second-order valence-electron chi connectivity index (χ2n) is 3.85. The molecular weight excluding hydrogens is 194 g/mol. The summed E-state index contributed by atoms with van der Waals surface area (Å²) in [5.41, 5.74) is 0.920. The summed E-state index contributed by atoms with van der Waals surface area (Å²) in [5.74, 6) is 0. The summed E-state index contributed by atoms with van der Waals surface area (Å²) in [6, 6.07) is 18.9. The second-order valence-corrected chi connectivity index (χ2v) is 3.85. The van der Waals surface area contributed by atoms with Crippen LogP contribution in [0.3, 0.4) is 0 Å². The van der Waals surface area contributed by atoms with Crippen LogP contribution in [0.2, 0.25) is 0 Å². The minimum absolute atomic E-state index is 0.920. The normalized spacial score (nSPS) is 10.8. The third-order valence-electron chi connectivity index (χ3n) is 2.91. The molecule has 0 aliphatic carbocycles. The number of benzene rings is 3. The Morgan fingerprint density at radius 1 is 0.750 bits per heavy atom. The van der Waals surface area contributed by atoms with Gasteiger partial charge in [-0.25, -0.2) is 0 Å². The molecule has 0 atom stereocenters. The average Bonchev–Trinajstić information content (AvgIpc) is 2.38. The fourth-order valence-corrected chi connectivity index (χ4v) is 2.09. The van der Waals surface area contributed by atoms with E-state index in [0.29, 0.717) is 0 Å². The van der Waals surface area contributed by atoms with Crippen molar-refractivity contribution in [2.24, 2.45) is 4.99 Å². The molecule has 0 saturated heterocycles. The highest BCUT2D eigenvalue weighted by Gasteiger charge is 2.00. The molecule has 1 nitrogen and oxygen atoms in total. The quantitative estimate of drug-likeness (QED) is 0.414. The first-order chi connectivity index (χ1) is 7.88. The Kier molecular flexibility index (Phi) is 1.97. The summed E-state index contributed by atoms with van der Waals surface area (Å²) >= 11 is 0. The predicted octanol–water partition coefficient (Wildman–Crippen LogP) is 4.33. The van der Waals surface area contributed by atoms with Crippen LogP contribution >= 0.6 is 0 Å². The van der Waals surface area contributed by atoms with E-state index in [1.165, 1.54) is 21.5 Å². The maximum Gasteiger partial charge on any atom is 0.0628 e.